The van der Waals surface area contributed by atoms with Gasteiger partial charge in [0.25, 0.3) is 0 Å². The minimum atomic E-state index is -0.880. The van der Waals surface area contributed by atoms with Crippen LogP contribution in [-0.2, 0) is 14.3 Å². The smallest absolute Gasteiger partial charge is 0.407 e. The Bertz CT molecular complexity index is 1040. The van der Waals surface area contributed by atoms with E-state index in [1.54, 1.807) is 4.90 Å². The van der Waals surface area contributed by atoms with Gasteiger partial charge in [0.2, 0.25) is 5.91 Å². The highest BCUT2D eigenvalue weighted by atomic mass is 16.5. The number of benzene rings is 2. The predicted molar refractivity (Wildman–Crippen MR) is 126 cm³/mol. The summed E-state index contributed by atoms with van der Waals surface area (Å²) in [4.78, 5) is 37.7. The van der Waals surface area contributed by atoms with Crippen molar-refractivity contribution in [1.82, 2.24) is 10.2 Å². The quantitative estimate of drug-likeness (QED) is 0.583. The van der Waals surface area contributed by atoms with Gasteiger partial charge in [0.15, 0.2) is 0 Å². The fourth-order valence-corrected chi connectivity index (χ4v) is 5.30. The highest BCUT2D eigenvalue weighted by Gasteiger charge is 2.37. The van der Waals surface area contributed by atoms with Crippen LogP contribution in [0.4, 0.5) is 4.79 Å². The summed E-state index contributed by atoms with van der Waals surface area (Å²) in [5, 5.41) is 11.9. The first-order chi connectivity index (χ1) is 16.5. The zero-order valence-electron chi connectivity index (χ0n) is 19.1. The van der Waals surface area contributed by atoms with E-state index in [4.69, 9.17) is 9.84 Å². The minimum Gasteiger partial charge on any atom is -0.481 e. The highest BCUT2D eigenvalue weighted by molar-refractivity contribution is 5.79. The minimum absolute atomic E-state index is 0.0150. The summed E-state index contributed by atoms with van der Waals surface area (Å²) >= 11 is 0. The van der Waals surface area contributed by atoms with Gasteiger partial charge in [-0.15, -0.1) is 0 Å². The Balaban J connectivity index is 1.07. The molecule has 2 aromatic carbocycles. The number of fused-ring (bicyclic) bond motifs is 3. The molecule has 5 rings (SSSR count). The second-order valence-corrected chi connectivity index (χ2v) is 9.67. The third-order valence-corrected chi connectivity index (χ3v) is 7.24. The Hall–Kier alpha value is -3.35. The number of carboxylic acid groups (broad SMARTS) is 1. The van der Waals surface area contributed by atoms with Crippen LogP contribution < -0.4 is 5.32 Å². The molecular formula is C27H30N2O5. The summed E-state index contributed by atoms with van der Waals surface area (Å²) in [5.41, 5.74) is 4.76. The van der Waals surface area contributed by atoms with Crippen LogP contribution in [-0.4, -0.2) is 53.2 Å². The zero-order valence-corrected chi connectivity index (χ0v) is 19.1. The summed E-state index contributed by atoms with van der Waals surface area (Å²) < 4.78 is 5.61. The van der Waals surface area contributed by atoms with Crippen LogP contribution in [0.2, 0.25) is 0 Å². The van der Waals surface area contributed by atoms with Gasteiger partial charge in [-0.2, -0.15) is 0 Å². The van der Waals surface area contributed by atoms with E-state index in [0.717, 1.165) is 25.7 Å². The van der Waals surface area contributed by atoms with Crippen LogP contribution in [0, 0.1) is 5.92 Å². The molecule has 0 bridgehead atoms. The Kier molecular flexibility index (Phi) is 6.26. The number of amides is 2. The average Bonchev–Trinajstić information content (AvgIpc) is 3.58. The predicted octanol–water partition coefficient (Wildman–Crippen LogP) is 4.16. The molecule has 3 aliphatic carbocycles. The SMILES string of the molecule is O=C(O)CCN(C(=O)CC1CC(NC(=O)OCC2c3ccccc3-c3ccccc32)C1)C1CC1. The normalized spacial score (nSPS) is 20.6. The Morgan fingerprint density at radius 2 is 1.59 bits per heavy atom. The van der Waals surface area contributed by atoms with Crippen LogP contribution >= 0.6 is 0 Å². The lowest BCUT2D eigenvalue weighted by Crippen LogP contribution is -2.46. The van der Waals surface area contributed by atoms with Gasteiger partial charge in [-0.1, -0.05) is 48.5 Å². The van der Waals surface area contributed by atoms with Gasteiger partial charge in [-0.05, 0) is 53.9 Å². The molecule has 2 fully saturated rings. The fraction of sp³-hybridized carbons (Fsp3) is 0.444. The number of nitrogens with zero attached hydrogens (tertiary/aromatic N) is 1. The maximum atomic E-state index is 12.6. The summed E-state index contributed by atoms with van der Waals surface area (Å²) in [6.07, 6.45) is 3.39. The third kappa shape index (κ3) is 4.79. The lowest BCUT2D eigenvalue weighted by molar-refractivity contribution is -0.139. The molecule has 0 aromatic heterocycles. The third-order valence-electron chi connectivity index (χ3n) is 7.24. The van der Waals surface area contributed by atoms with Crippen molar-refractivity contribution in [1.29, 1.82) is 0 Å². The van der Waals surface area contributed by atoms with Crippen molar-refractivity contribution in [2.75, 3.05) is 13.2 Å². The van der Waals surface area contributed by atoms with Gasteiger partial charge in [0, 0.05) is 31.0 Å². The van der Waals surface area contributed by atoms with E-state index in [1.807, 2.05) is 24.3 Å². The summed E-state index contributed by atoms with van der Waals surface area (Å²) in [7, 11) is 0. The molecule has 0 radical (unpaired) electrons. The molecule has 2 amide bonds. The molecule has 0 unspecified atom stereocenters. The van der Waals surface area contributed by atoms with Gasteiger partial charge in [-0.25, -0.2) is 4.79 Å². The number of ether oxygens (including phenoxy) is 1. The highest BCUT2D eigenvalue weighted by Crippen LogP contribution is 2.44. The number of hydrogen-bond acceptors (Lipinski definition) is 4. The topological polar surface area (TPSA) is 95.9 Å². The number of hydrogen-bond donors (Lipinski definition) is 2. The van der Waals surface area contributed by atoms with Crippen molar-refractivity contribution in [3.8, 4) is 11.1 Å². The molecule has 2 N–H and O–H groups in total. The van der Waals surface area contributed by atoms with Crippen LogP contribution in [0.25, 0.3) is 11.1 Å². The van der Waals surface area contributed by atoms with E-state index in [-0.39, 0.29) is 49.4 Å². The molecule has 0 spiro atoms. The van der Waals surface area contributed by atoms with Crippen LogP contribution in [0.1, 0.15) is 55.6 Å². The first-order valence-electron chi connectivity index (χ1n) is 12.1. The number of nitrogens with one attached hydrogen (secondary N) is 1. The number of carbonyl (C=O) groups is 3. The standard InChI is InChI=1S/C27H30N2O5/c30-25(29(19-9-10-19)12-11-26(31)32)15-17-13-18(14-17)28-27(33)34-16-24-22-7-3-1-5-20(22)21-6-2-4-8-23(21)24/h1-8,17-19,24H,9-16H2,(H,28,33)(H,31,32). The van der Waals surface area contributed by atoms with Crippen LogP contribution in [0.15, 0.2) is 48.5 Å². The first kappa shape index (κ1) is 22.4. The second kappa shape index (κ2) is 9.49. The molecule has 7 heteroatoms. The molecule has 2 saturated carbocycles. The molecule has 7 nitrogen and oxygen atoms in total. The van der Waals surface area contributed by atoms with Crippen molar-refractivity contribution >= 4 is 18.0 Å². The monoisotopic (exact) mass is 462 g/mol. The van der Waals surface area contributed by atoms with Crippen molar-refractivity contribution in [2.45, 2.75) is 56.5 Å². The lowest BCUT2D eigenvalue weighted by atomic mass is 9.78. The molecule has 0 saturated heterocycles. The molecule has 0 atom stereocenters. The van der Waals surface area contributed by atoms with Gasteiger partial charge in [0.05, 0.1) is 6.42 Å². The molecule has 34 heavy (non-hydrogen) atoms. The van der Waals surface area contributed by atoms with E-state index in [1.165, 1.54) is 22.3 Å². The van der Waals surface area contributed by atoms with Crippen LogP contribution in [0.3, 0.4) is 0 Å². The van der Waals surface area contributed by atoms with Crippen molar-refractivity contribution in [3.63, 3.8) is 0 Å². The van der Waals surface area contributed by atoms with Gasteiger partial charge < -0.3 is 20.1 Å². The summed E-state index contributed by atoms with van der Waals surface area (Å²) in [5.74, 6) is -0.593. The number of alkyl carbamates (subject to hydrolysis) is 1. The Morgan fingerprint density at radius 1 is 0.971 bits per heavy atom. The van der Waals surface area contributed by atoms with E-state index in [2.05, 4.69) is 29.6 Å². The molecule has 178 valence electrons. The molecule has 0 heterocycles. The van der Waals surface area contributed by atoms with E-state index < -0.39 is 12.1 Å². The lowest BCUT2D eigenvalue weighted by Gasteiger charge is -2.36. The van der Waals surface area contributed by atoms with Gasteiger partial charge >= 0.3 is 12.1 Å². The van der Waals surface area contributed by atoms with E-state index in [9.17, 15) is 14.4 Å². The number of carbonyl (C=O) groups excluding carboxylic acids is 2. The maximum Gasteiger partial charge on any atom is 0.407 e. The molecular weight excluding hydrogens is 432 g/mol. The van der Waals surface area contributed by atoms with E-state index in [0.29, 0.717) is 6.42 Å². The van der Waals surface area contributed by atoms with E-state index >= 15 is 0 Å². The second-order valence-electron chi connectivity index (χ2n) is 9.67. The largest absolute Gasteiger partial charge is 0.481 e. The maximum absolute atomic E-state index is 12.6. The summed E-state index contributed by atoms with van der Waals surface area (Å²) in [6.45, 7) is 0.571. The molecule has 3 aliphatic rings. The van der Waals surface area contributed by atoms with Gasteiger partial charge in [0.1, 0.15) is 6.61 Å². The van der Waals surface area contributed by atoms with Crippen molar-refractivity contribution in [2.24, 2.45) is 5.92 Å². The average molecular weight is 463 g/mol. The number of aliphatic carboxylic acids is 1. The Morgan fingerprint density at radius 3 is 2.18 bits per heavy atom. The number of carboxylic acids is 1. The molecule has 0 aliphatic heterocycles. The van der Waals surface area contributed by atoms with Crippen LogP contribution in [0.5, 0.6) is 0 Å². The molecule has 2 aromatic rings. The Labute approximate surface area is 199 Å². The summed E-state index contributed by atoms with van der Waals surface area (Å²) in [6, 6.07) is 16.7. The van der Waals surface area contributed by atoms with Gasteiger partial charge in [-0.3, -0.25) is 9.59 Å². The fourth-order valence-electron chi connectivity index (χ4n) is 5.30. The zero-order chi connectivity index (χ0) is 23.7. The number of rotatable bonds is 9. The first-order valence-corrected chi connectivity index (χ1v) is 12.1. The van der Waals surface area contributed by atoms with Crippen molar-refractivity contribution in [3.05, 3.63) is 59.7 Å². The van der Waals surface area contributed by atoms with Crippen molar-refractivity contribution < 1.29 is 24.2 Å².